The summed E-state index contributed by atoms with van der Waals surface area (Å²) < 4.78 is 0. The van der Waals surface area contributed by atoms with Crippen molar-refractivity contribution in [2.24, 2.45) is 5.84 Å². The highest BCUT2D eigenvalue weighted by Gasteiger charge is 2.08. The molecule has 0 aliphatic carbocycles. The Bertz CT molecular complexity index is 395. The van der Waals surface area contributed by atoms with Crippen molar-refractivity contribution in [3.63, 3.8) is 0 Å². The van der Waals surface area contributed by atoms with Crippen molar-refractivity contribution >= 4 is 29.3 Å². The Kier molecular flexibility index (Phi) is 4.81. The fourth-order valence-corrected chi connectivity index (χ4v) is 1.56. The van der Waals surface area contributed by atoms with E-state index in [2.05, 4.69) is 5.32 Å². The molecule has 1 aromatic carbocycles. The van der Waals surface area contributed by atoms with E-state index in [9.17, 15) is 9.59 Å². The fourth-order valence-electron chi connectivity index (χ4n) is 1.10. The van der Waals surface area contributed by atoms with Gasteiger partial charge in [-0.05, 0) is 24.5 Å². The summed E-state index contributed by atoms with van der Waals surface area (Å²) in [4.78, 5) is 23.2. The highest BCUT2D eigenvalue weighted by molar-refractivity contribution is 7.98. The van der Waals surface area contributed by atoms with Gasteiger partial charge in [-0.2, -0.15) is 0 Å². The lowest BCUT2D eigenvalue weighted by Crippen LogP contribution is -2.33. The van der Waals surface area contributed by atoms with Crippen molar-refractivity contribution in [2.75, 3.05) is 11.6 Å². The lowest BCUT2D eigenvalue weighted by atomic mass is 10.3. The largest absolute Gasteiger partial charge is 0.326 e. The van der Waals surface area contributed by atoms with Crippen LogP contribution in [-0.2, 0) is 9.59 Å². The van der Waals surface area contributed by atoms with Crippen LogP contribution in [0.3, 0.4) is 0 Å². The lowest BCUT2D eigenvalue weighted by molar-refractivity contribution is -0.126. The molecule has 0 saturated heterocycles. The Morgan fingerprint density at radius 1 is 1.38 bits per heavy atom. The number of rotatable bonds is 4. The molecule has 16 heavy (non-hydrogen) atoms. The molecular formula is C10H13N3O2S. The topological polar surface area (TPSA) is 84.2 Å². The van der Waals surface area contributed by atoms with Gasteiger partial charge in [-0.1, -0.05) is 6.07 Å². The van der Waals surface area contributed by atoms with Gasteiger partial charge in [0.05, 0.1) is 0 Å². The maximum absolute atomic E-state index is 11.3. The number of nitrogens with two attached hydrogens (primary N) is 1. The van der Waals surface area contributed by atoms with Crippen molar-refractivity contribution in [1.82, 2.24) is 5.43 Å². The van der Waals surface area contributed by atoms with Gasteiger partial charge >= 0.3 is 0 Å². The third kappa shape index (κ3) is 3.92. The number of hydrazine groups is 1. The molecule has 0 spiro atoms. The maximum Gasteiger partial charge on any atom is 0.243 e. The van der Waals surface area contributed by atoms with Gasteiger partial charge in [-0.25, -0.2) is 5.84 Å². The minimum Gasteiger partial charge on any atom is -0.326 e. The number of benzene rings is 1. The average Bonchev–Trinajstić information content (AvgIpc) is 2.28. The molecule has 5 nitrogen and oxygen atoms in total. The van der Waals surface area contributed by atoms with Crippen LogP contribution >= 0.6 is 11.8 Å². The first-order chi connectivity index (χ1) is 7.65. The Hall–Kier alpha value is -1.53. The predicted octanol–water partition coefficient (Wildman–Crippen LogP) is 0.727. The van der Waals surface area contributed by atoms with Gasteiger partial charge < -0.3 is 5.32 Å². The number of hydrogen-bond acceptors (Lipinski definition) is 4. The third-order valence-corrected chi connectivity index (χ3v) is 2.56. The molecule has 0 aliphatic rings. The summed E-state index contributed by atoms with van der Waals surface area (Å²) in [7, 11) is 0. The standard InChI is InChI=1S/C10H13N3O2S/c1-16-8-4-2-3-7(5-8)12-9(14)6-10(15)13-11/h2-5H,6,11H2,1H3,(H,12,14)(H,13,15). The van der Waals surface area contributed by atoms with Gasteiger partial charge in [-0.15, -0.1) is 11.8 Å². The molecule has 4 N–H and O–H groups in total. The van der Waals surface area contributed by atoms with Crippen molar-refractivity contribution in [3.8, 4) is 0 Å². The molecule has 6 heteroatoms. The molecule has 1 aromatic rings. The molecule has 0 heterocycles. The zero-order valence-corrected chi connectivity index (χ0v) is 9.64. The van der Waals surface area contributed by atoms with Gasteiger partial charge in [0, 0.05) is 10.6 Å². The second kappa shape index (κ2) is 6.14. The molecule has 0 aliphatic heterocycles. The second-order valence-corrected chi connectivity index (χ2v) is 3.90. The van der Waals surface area contributed by atoms with Crippen LogP contribution < -0.4 is 16.6 Å². The Morgan fingerprint density at radius 3 is 2.75 bits per heavy atom. The van der Waals surface area contributed by atoms with Gasteiger partial charge in [0.2, 0.25) is 11.8 Å². The molecular weight excluding hydrogens is 226 g/mol. The SMILES string of the molecule is CSc1cccc(NC(=O)CC(=O)NN)c1. The minimum absolute atomic E-state index is 0.278. The van der Waals surface area contributed by atoms with Gasteiger partial charge in [0.25, 0.3) is 0 Å². The smallest absolute Gasteiger partial charge is 0.243 e. The molecule has 0 radical (unpaired) electrons. The summed E-state index contributed by atoms with van der Waals surface area (Å²) in [6.07, 6.45) is 1.67. The first-order valence-corrected chi connectivity index (χ1v) is 5.81. The molecule has 0 unspecified atom stereocenters. The zero-order chi connectivity index (χ0) is 12.0. The Morgan fingerprint density at radius 2 is 2.12 bits per heavy atom. The monoisotopic (exact) mass is 239 g/mol. The predicted molar refractivity (Wildman–Crippen MR) is 63.8 cm³/mol. The summed E-state index contributed by atoms with van der Waals surface area (Å²) in [5.74, 6) is 3.97. The normalized spacial score (nSPS) is 9.62. The molecule has 0 aromatic heterocycles. The van der Waals surface area contributed by atoms with E-state index in [1.54, 1.807) is 17.8 Å². The summed E-state index contributed by atoms with van der Waals surface area (Å²) in [5.41, 5.74) is 2.57. The summed E-state index contributed by atoms with van der Waals surface area (Å²) in [6, 6.07) is 7.37. The van der Waals surface area contributed by atoms with E-state index in [4.69, 9.17) is 5.84 Å². The van der Waals surface area contributed by atoms with E-state index < -0.39 is 5.91 Å². The highest BCUT2D eigenvalue weighted by Crippen LogP contribution is 2.18. The third-order valence-electron chi connectivity index (χ3n) is 1.84. The average molecular weight is 239 g/mol. The molecule has 0 bridgehead atoms. The Balaban J connectivity index is 2.59. The summed E-state index contributed by atoms with van der Waals surface area (Å²) >= 11 is 1.58. The summed E-state index contributed by atoms with van der Waals surface area (Å²) in [6.45, 7) is 0. The van der Waals surface area contributed by atoms with Crippen LogP contribution in [-0.4, -0.2) is 18.1 Å². The fraction of sp³-hybridized carbons (Fsp3) is 0.200. The van der Waals surface area contributed by atoms with Crippen LogP contribution in [0.25, 0.3) is 0 Å². The number of thioether (sulfide) groups is 1. The van der Waals surface area contributed by atoms with E-state index in [1.807, 2.05) is 29.9 Å². The number of carbonyl (C=O) groups excluding carboxylic acids is 2. The molecule has 2 amide bonds. The minimum atomic E-state index is -0.515. The Labute approximate surface area is 97.7 Å². The van der Waals surface area contributed by atoms with Gasteiger partial charge in [-0.3, -0.25) is 15.0 Å². The second-order valence-electron chi connectivity index (χ2n) is 3.02. The number of hydrogen-bond donors (Lipinski definition) is 3. The molecule has 86 valence electrons. The van der Waals surface area contributed by atoms with Crippen molar-refractivity contribution in [3.05, 3.63) is 24.3 Å². The zero-order valence-electron chi connectivity index (χ0n) is 8.82. The van der Waals surface area contributed by atoms with Crippen molar-refractivity contribution in [2.45, 2.75) is 11.3 Å². The van der Waals surface area contributed by atoms with Gasteiger partial charge in [0.1, 0.15) is 6.42 Å². The van der Waals surface area contributed by atoms with Crippen LogP contribution in [0, 0.1) is 0 Å². The van der Waals surface area contributed by atoms with E-state index in [1.165, 1.54) is 0 Å². The lowest BCUT2D eigenvalue weighted by Gasteiger charge is -2.05. The van der Waals surface area contributed by atoms with Crippen LogP contribution in [0.1, 0.15) is 6.42 Å². The number of amides is 2. The van der Waals surface area contributed by atoms with Crippen molar-refractivity contribution in [1.29, 1.82) is 0 Å². The summed E-state index contributed by atoms with van der Waals surface area (Å²) in [5, 5.41) is 2.61. The first kappa shape index (κ1) is 12.5. The van der Waals surface area contributed by atoms with Crippen LogP contribution in [0.5, 0.6) is 0 Å². The van der Waals surface area contributed by atoms with E-state index >= 15 is 0 Å². The number of carbonyl (C=O) groups is 2. The van der Waals surface area contributed by atoms with Crippen LogP contribution in [0.15, 0.2) is 29.2 Å². The van der Waals surface area contributed by atoms with E-state index in [0.29, 0.717) is 5.69 Å². The molecule has 0 saturated carbocycles. The molecule has 0 fully saturated rings. The maximum atomic E-state index is 11.3. The van der Waals surface area contributed by atoms with Crippen LogP contribution in [0.2, 0.25) is 0 Å². The van der Waals surface area contributed by atoms with Crippen molar-refractivity contribution < 1.29 is 9.59 Å². The van der Waals surface area contributed by atoms with E-state index in [-0.39, 0.29) is 12.3 Å². The quantitative estimate of drug-likeness (QED) is 0.238. The number of anilines is 1. The van der Waals surface area contributed by atoms with E-state index in [0.717, 1.165) is 4.90 Å². The van der Waals surface area contributed by atoms with Gasteiger partial charge in [0.15, 0.2) is 0 Å². The molecule has 0 atom stereocenters. The first-order valence-electron chi connectivity index (χ1n) is 4.59. The number of nitrogens with one attached hydrogen (secondary N) is 2. The molecule has 1 rings (SSSR count). The highest BCUT2D eigenvalue weighted by atomic mass is 32.2. The van der Waals surface area contributed by atoms with Crippen LogP contribution in [0.4, 0.5) is 5.69 Å².